The van der Waals surface area contributed by atoms with Crippen molar-refractivity contribution < 1.29 is 0 Å². The van der Waals surface area contributed by atoms with E-state index < -0.39 is 0 Å². The smallest absolute Gasteiger partial charge is 0.0888 e. The topological polar surface area (TPSA) is 26.0 Å². The van der Waals surface area contributed by atoms with Gasteiger partial charge >= 0.3 is 0 Å². The molecular formula is C13H9BrClNS2. The number of benzene rings is 1. The largest absolute Gasteiger partial charge is 0.319 e. The van der Waals surface area contributed by atoms with E-state index in [1.54, 1.807) is 22.7 Å². The molecule has 0 saturated carbocycles. The Hall–Kier alpha value is -0.390. The van der Waals surface area contributed by atoms with Gasteiger partial charge in [0.05, 0.1) is 14.9 Å². The lowest BCUT2D eigenvalue weighted by atomic mass is 10.2. The van der Waals surface area contributed by atoms with Crippen molar-refractivity contribution in [2.75, 3.05) is 0 Å². The van der Waals surface area contributed by atoms with Gasteiger partial charge in [-0.3, -0.25) is 0 Å². The molecule has 1 aromatic carbocycles. The van der Waals surface area contributed by atoms with E-state index in [2.05, 4.69) is 34.1 Å². The first-order chi connectivity index (χ1) is 8.65. The Morgan fingerprint density at radius 2 is 1.83 bits per heavy atom. The standard InChI is InChI=1S/C13H9BrClNS2/c14-13-8(15)6-11(18-13)12(16)10-5-7-3-1-2-4-9(7)17-10/h1-6,12H,16H2. The van der Waals surface area contributed by atoms with Crippen LogP contribution in [0.3, 0.4) is 0 Å². The van der Waals surface area contributed by atoms with E-state index in [9.17, 15) is 0 Å². The number of rotatable bonds is 2. The van der Waals surface area contributed by atoms with E-state index in [1.807, 2.05) is 18.2 Å². The summed E-state index contributed by atoms with van der Waals surface area (Å²) in [5.41, 5.74) is 6.30. The summed E-state index contributed by atoms with van der Waals surface area (Å²) in [4.78, 5) is 2.25. The van der Waals surface area contributed by atoms with Crippen molar-refractivity contribution in [3.05, 3.63) is 55.0 Å². The highest BCUT2D eigenvalue weighted by Gasteiger charge is 2.16. The first-order valence-electron chi connectivity index (χ1n) is 5.34. The third kappa shape index (κ3) is 2.24. The first-order valence-corrected chi connectivity index (χ1v) is 8.14. The fraction of sp³-hybridized carbons (Fsp3) is 0.0769. The van der Waals surface area contributed by atoms with Crippen LogP contribution in [0.2, 0.25) is 5.02 Å². The Kier molecular flexibility index (Phi) is 3.47. The van der Waals surface area contributed by atoms with Crippen LogP contribution >= 0.6 is 50.2 Å². The number of hydrogen-bond acceptors (Lipinski definition) is 3. The van der Waals surface area contributed by atoms with Crippen LogP contribution in [0.4, 0.5) is 0 Å². The van der Waals surface area contributed by atoms with Gasteiger partial charge in [-0.05, 0) is 39.5 Å². The molecule has 3 rings (SSSR count). The van der Waals surface area contributed by atoms with E-state index in [0.29, 0.717) is 0 Å². The van der Waals surface area contributed by atoms with E-state index in [1.165, 1.54) is 15.0 Å². The Labute approximate surface area is 126 Å². The van der Waals surface area contributed by atoms with Crippen LogP contribution in [0.25, 0.3) is 10.1 Å². The number of fused-ring (bicyclic) bond motifs is 1. The maximum Gasteiger partial charge on any atom is 0.0888 e. The van der Waals surface area contributed by atoms with Gasteiger partial charge < -0.3 is 5.73 Å². The summed E-state index contributed by atoms with van der Waals surface area (Å²) in [5.74, 6) is 0. The minimum atomic E-state index is -0.101. The van der Waals surface area contributed by atoms with Crippen LogP contribution in [0.15, 0.2) is 40.2 Å². The normalized spacial score (nSPS) is 13.1. The van der Waals surface area contributed by atoms with Crippen molar-refractivity contribution in [3.8, 4) is 0 Å². The van der Waals surface area contributed by atoms with Crippen LogP contribution in [0.5, 0.6) is 0 Å². The summed E-state index contributed by atoms with van der Waals surface area (Å²) in [6.45, 7) is 0. The average molecular weight is 359 g/mol. The summed E-state index contributed by atoms with van der Waals surface area (Å²) in [5, 5.41) is 1.97. The average Bonchev–Trinajstić information content (AvgIpc) is 2.93. The lowest BCUT2D eigenvalue weighted by molar-refractivity contribution is 0.918. The maximum atomic E-state index is 6.30. The van der Waals surface area contributed by atoms with Gasteiger partial charge in [0.1, 0.15) is 0 Å². The predicted octanol–water partition coefficient (Wildman–Crippen LogP) is 5.43. The minimum absolute atomic E-state index is 0.101. The van der Waals surface area contributed by atoms with Gasteiger partial charge in [-0.1, -0.05) is 29.8 Å². The van der Waals surface area contributed by atoms with Crippen molar-refractivity contribution in [2.45, 2.75) is 6.04 Å². The lowest BCUT2D eigenvalue weighted by Crippen LogP contribution is -2.07. The van der Waals surface area contributed by atoms with Gasteiger partial charge in [0, 0.05) is 14.5 Å². The third-order valence-electron chi connectivity index (χ3n) is 2.72. The van der Waals surface area contributed by atoms with Crippen LogP contribution in [0, 0.1) is 0 Å². The minimum Gasteiger partial charge on any atom is -0.319 e. The van der Waals surface area contributed by atoms with E-state index in [0.717, 1.165) is 13.7 Å². The molecule has 1 unspecified atom stereocenters. The molecule has 0 aliphatic carbocycles. The SMILES string of the molecule is NC(c1cc(Cl)c(Br)s1)c1cc2ccccc2s1. The third-order valence-corrected chi connectivity index (χ3v) is 6.48. The van der Waals surface area contributed by atoms with Gasteiger partial charge in [0.2, 0.25) is 0 Å². The molecule has 0 aliphatic heterocycles. The highest BCUT2D eigenvalue weighted by Crippen LogP contribution is 2.39. The second kappa shape index (κ2) is 4.94. The summed E-state index contributed by atoms with van der Waals surface area (Å²) < 4.78 is 2.21. The number of hydrogen-bond donors (Lipinski definition) is 1. The molecule has 18 heavy (non-hydrogen) atoms. The quantitative estimate of drug-likeness (QED) is 0.649. The zero-order valence-corrected chi connectivity index (χ0v) is 13.2. The molecule has 0 bridgehead atoms. The van der Waals surface area contributed by atoms with E-state index in [4.69, 9.17) is 17.3 Å². The molecule has 0 saturated heterocycles. The predicted molar refractivity (Wildman–Crippen MR) is 84.9 cm³/mol. The number of thiophene rings is 2. The van der Waals surface area contributed by atoms with Crippen LogP contribution in [-0.4, -0.2) is 0 Å². The fourth-order valence-electron chi connectivity index (χ4n) is 1.81. The second-order valence-electron chi connectivity index (χ2n) is 3.93. The molecule has 2 N–H and O–H groups in total. The Bertz CT molecular complexity index is 651. The Morgan fingerprint density at radius 1 is 1.11 bits per heavy atom. The van der Waals surface area contributed by atoms with Crippen LogP contribution in [0.1, 0.15) is 15.8 Å². The first kappa shape index (κ1) is 12.6. The van der Waals surface area contributed by atoms with Crippen molar-refractivity contribution in [1.29, 1.82) is 0 Å². The highest BCUT2D eigenvalue weighted by atomic mass is 79.9. The molecule has 1 nitrogen and oxygen atoms in total. The zero-order chi connectivity index (χ0) is 12.7. The van der Waals surface area contributed by atoms with Crippen molar-refractivity contribution in [3.63, 3.8) is 0 Å². The molecule has 5 heteroatoms. The van der Waals surface area contributed by atoms with Gasteiger partial charge in [0.25, 0.3) is 0 Å². The van der Waals surface area contributed by atoms with E-state index >= 15 is 0 Å². The number of halogens is 2. The van der Waals surface area contributed by atoms with Crippen molar-refractivity contribution in [1.82, 2.24) is 0 Å². The maximum absolute atomic E-state index is 6.30. The van der Waals surface area contributed by atoms with Gasteiger partial charge in [-0.2, -0.15) is 0 Å². The Balaban J connectivity index is 2.03. The fourth-order valence-corrected chi connectivity index (χ4v) is 4.74. The summed E-state index contributed by atoms with van der Waals surface area (Å²) in [6, 6.07) is 12.3. The molecule has 0 aliphatic rings. The molecule has 2 aromatic heterocycles. The van der Waals surface area contributed by atoms with Gasteiger partial charge in [-0.25, -0.2) is 0 Å². The van der Waals surface area contributed by atoms with E-state index in [-0.39, 0.29) is 6.04 Å². The highest BCUT2D eigenvalue weighted by molar-refractivity contribution is 9.11. The van der Waals surface area contributed by atoms with Crippen molar-refractivity contribution in [2.24, 2.45) is 5.73 Å². The molecule has 0 radical (unpaired) electrons. The summed E-state index contributed by atoms with van der Waals surface area (Å²) >= 11 is 12.8. The Morgan fingerprint density at radius 3 is 2.50 bits per heavy atom. The molecule has 0 fully saturated rings. The van der Waals surface area contributed by atoms with Crippen LogP contribution < -0.4 is 5.73 Å². The lowest BCUT2D eigenvalue weighted by Gasteiger charge is -2.05. The van der Waals surface area contributed by atoms with Gasteiger partial charge in [0.15, 0.2) is 0 Å². The zero-order valence-electron chi connectivity index (χ0n) is 9.19. The monoisotopic (exact) mass is 357 g/mol. The molecule has 92 valence electrons. The molecule has 1 atom stereocenters. The van der Waals surface area contributed by atoms with Gasteiger partial charge in [-0.15, -0.1) is 22.7 Å². The second-order valence-corrected chi connectivity index (χ2v) is 7.86. The number of nitrogens with two attached hydrogens (primary N) is 1. The molecule has 0 amide bonds. The molecule has 3 aromatic rings. The van der Waals surface area contributed by atoms with Crippen molar-refractivity contribution >= 4 is 60.3 Å². The summed E-state index contributed by atoms with van der Waals surface area (Å²) in [7, 11) is 0. The van der Waals surface area contributed by atoms with Crippen LogP contribution in [-0.2, 0) is 0 Å². The molecule has 2 heterocycles. The summed E-state index contributed by atoms with van der Waals surface area (Å²) in [6.07, 6.45) is 0. The molecular weight excluding hydrogens is 350 g/mol. The molecule has 0 spiro atoms.